The predicted molar refractivity (Wildman–Crippen MR) is 103 cm³/mol. The monoisotopic (exact) mass is 399 g/mol. The molecule has 1 aliphatic rings. The van der Waals surface area contributed by atoms with Crippen LogP contribution in [0.25, 0.3) is 0 Å². The van der Waals surface area contributed by atoms with Gasteiger partial charge < -0.3 is 10.6 Å². The Morgan fingerprint density at radius 1 is 0.857 bits per heavy atom. The normalized spacial score (nSPS) is 12.7. The van der Waals surface area contributed by atoms with Crippen molar-refractivity contribution in [2.24, 2.45) is 0 Å². The van der Waals surface area contributed by atoms with Gasteiger partial charge in [-0.2, -0.15) is 0 Å². The molecule has 4 amide bonds. The standard InChI is InChI=1S/C20H18ClN3O4/c21-16-8-4-3-7-15(16)18(26)23-11-10-22-17(25)9-12-24-19(27)13-5-1-2-6-14(13)20(24)28/h1-8H,9-12H2,(H,22,25)(H,23,26). The van der Waals surface area contributed by atoms with E-state index in [0.29, 0.717) is 21.7 Å². The number of halogens is 1. The van der Waals surface area contributed by atoms with Gasteiger partial charge >= 0.3 is 0 Å². The van der Waals surface area contributed by atoms with Crippen LogP contribution in [0, 0.1) is 0 Å². The average molecular weight is 400 g/mol. The highest BCUT2D eigenvalue weighted by atomic mass is 35.5. The van der Waals surface area contributed by atoms with E-state index in [2.05, 4.69) is 10.6 Å². The number of benzene rings is 2. The summed E-state index contributed by atoms with van der Waals surface area (Å²) in [5.74, 6) is -1.42. The molecule has 0 saturated carbocycles. The molecule has 0 aromatic heterocycles. The molecule has 28 heavy (non-hydrogen) atoms. The van der Waals surface area contributed by atoms with Crippen LogP contribution >= 0.6 is 11.6 Å². The summed E-state index contributed by atoms with van der Waals surface area (Å²) in [5, 5.41) is 5.66. The fourth-order valence-corrected chi connectivity index (χ4v) is 3.08. The lowest BCUT2D eigenvalue weighted by atomic mass is 10.1. The highest BCUT2D eigenvalue weighted by Crippen LogP contribution is 2.22. The maximum atomic E-state index is 12.2. The number of hydrogen-bond donors (Lipinski definition) is 2. The van der Waals surface area contributed by atoms with Gasteiger partial charge in [-0.1, -0.05) is 35.9 Å². The maximum Gasteiger partial charge on any atom is 0.261 e. The summed E-state index contributed by atoms with van der Waals surface area (Å²) in [5.41, 5.74) is 1.08. The fraction of sp³-hybridized carbons (Fsp3) is 0.200. The molecule has 3 rings (SSSR count). The van der Waals surface area contributed by atoms with Gasteiger partial charge in [0.2, 0.25) is 5.91 Å². The van der Waals surface area contributed by atoms with Gasteiger partial charge in [0, 0.05) is 26.1 Å². The summed E-state index contributed by atoms with van der Waals surface area (Å²) in [4.78, 5) is 49.5. The Morgan fingerprint density at radius 3 is 2.07 bits per heavy atom. The lowest BCUT2D eigenvalue weighted by Gasteiger charge is -2.13. The second-order valence-corrected chi connectivity index (χ2v) is 6.55. The Labute approximate surface area is 166 Å². The first kappa shape index (κ1) is 19.6. The first-order valence-corrected chi connectivity index (χ1v) is 9.11. The number of carbonyl (C=O) groups is 4. The van der Waals surface area contributed by atoms with E-state index in [1.807, 2.05) is 0 Å². The molecule has 0 saturated heterocycles. The van der Waals surface area contributed by atoms with Crippen LogP contribution in [0.5, 0.6) is 0 Å². The molecule has 0 bridgehead atoms. The van der Waals surface area contributed by atoms with E-state index < -0.39 is 0 Å². The van der Waals surface area contributed by atoms with Crippen molar-refractivity contribution in [1.29, 1.82) is 0 Å². The number of imide groups is 1. The SMILES string of the molecule is O=C(CCN1C(=O)c2ccccc2C1=O)NCCNC(=O)c1ccccc1Cl. The van der Waals surface area contributed by atoms with Crippen molar-refractivity contribution in [2.45, 2.75) is 6.42 Å². The van der Waals surface area contributed by atoms with Crippen LogP contribution in [0.2, 0.25) is 5.02 Å². The number of hydrogen-bond acceptors (Lipinski definition) is 4. The molecule has 1 heterocycles. The average Bonchev–Trinajstić information content (AvgIpc) is 2.94. The van der Waals surface area contributed by atoms with Crippen LogP contribution in [0.4, 0.5) is 0 Å². The third-order valence-corrected chi connectivity index (χ3v) is 4.62. The summed E-state index contributed by atoms with van der Waals surface area (Å²) in [6.07, 6.45) is -0.00999. The first-order valence-electron chi connectivity index (χ1n) is 8.73. The van der Waals surface area contributed by atoms with Crippen molar-refractivity contribution in [3.63, 3.8) is 0 Å². The second kappa shape index (κ2) is 8.67. The molecule has 8 heteroatoms. The summed E-state index contributed by atoms with van der Waals surface area (Å²) in [6.45, 7) is 0.449. The Morgan fingerprint density at radius 2 is 1.43 bits per heavy atom. The Hall–Kier alpha value is -3.19. The number of nitrogens with one attached hydrogen (secondary N) is 2. The molecular weight excluding hydrogens is 382 g/mol. The highest BCUT2D eigenvalue weighted by Gasteiger charge is 2.34. The lowest BCUT2D eigenvalue weighted by Crippen LogP contribution is -2.37. The molecule has 144 valence electrons. The third-order valence-electron chi connectivity index (χ3n) is 4.29. The fourth-order valence-electron chi connectivity index (χ4n) is 2.86. The minimum Gasteiger partial charge on any atom is -0.354 e. The molecule has 7 nitrogen and oxygen atoms in total. The summed E-state index contributed by atoms with van der Waals surface area (Å²) in [7, 11) is 0. The highest BCUT2D eigenvalue weighted by molar-refractivity contribution is 6.33. The molecule has 2 N–H and O–H groups in total. The minimum atomic E-state index is -0.389. The lowest BCUT2D eigenvalue weighted by molar-refractivity contribution is -0.121. The molecule has 0 fully saturated rings. The van der Waals surface area contributed by atoms with Crippen molar-refractivity contribution < 1.29 is 19.2 Å². The summed E-state index contributed by atoms with van der Waals surface area (Å²) in [6, 6.07) is 13.2. The molecule has 0 atom stereocenters. The Bertz CT molecular complexity index is 910. The molecule has 0 radical (unpaired) electrons. The third kappa shape index (κ3) is 4.20. The van der Waals surface area contributed by atoms with Crippen LogP contribution in [0.1, 0.15) is 37.5 Å². The van der Waals surface area contributed by atoms with Gasteiger partial charge in [0.1, 0.15) is 0 Å². The predicted octanol–water partition coefficient (Wildman–Crippen LogP) is 1.87. The van der Waals surface area contributed by atoms with E-state index in [9.17, 15) is 19.2 Å². The molecule has 1 aliphatic heterocycles. The smallest absolute Gasteiger partial charge is 0.261 e. The molecule has 0 aliphatic carbocycles. The molecule has 0 spiro atoms. The van der Waals surface area contributed by atoms with E-state index in [1.54, 1.807) is 48.5 Å². The van der Waals surface area contributed by atoms with Crippen molar-refractivity contribution in [3.8, 4) is 0 Å². The second-order valence-electron chi connectivity index (χ2n) is 6.14. The minimum absolute atomic E-state index is 0.00413. The topological polar surface area (TPSA) is 95.6 Å². The number of amides is 4. The van der Waals surface area contributed by atoms with Crippen molar-refractivity contribution in [3.05, 3.63) is 70.2 Å². The zero-order valence-corrected chi connectivity index (χ0v) is 15.7. The quantitative estimate of drug-likeness (QED) is 0.549. The summed E-state index contributed by atoms with van der Waals surface area (Å²) < 4.78 is 0. The zero-order chi connectivity index (χ0) is 20.1. The van der Waals surface area contributed by atoms with Gasteiger partial charge in [0.15, 0.2) is 0 Å². The molecule has 0 unspecified atom stereocenters. The Balaban J connectivity index is 1.40. The van der Waals surface area contributed by atoms with Crippen LogP contribution in [-0.4, -0.2) is 48.2 Å². The molecule has 2 aromatic carbocycles. The number of fused-ring (bicyclic) bond motifs is 1. The van der Waals surface area contributed by atoms with Gasteiger partial charge in [-0.25, -0.2) is 0 Å². The number of rotatable bonds is 7. The van der Waals surface area contributed by atoms with E-state index in [0.717, 1.165) is 4.90 Å². The maximum absolute atomic E-state index is 12.2. The van der Waals surface area contributed by atoms with Gasteiger partial charge in [0.05, 0.1) is 21.7 Å². The van der Waals surface area contributed by atoms with Crippen molar-refractivity contribution in [1.82, 2.24) is 15.5 Å². The van der Waals surface area contributed by atoms with Crippen LogP contribution in [-0.2, 0) is 4.79 Å². The number of carbonyl (C=O) groups excluding carboxylic acids is 4. The number of nitrogens with zero attached hydrogens (tertiary/aromatic N) is 1. The molecule has 2 aromatic rings. The van der Waals surface area contributed by atoms with Crippen LogP contribution < -0.4 is 10.6 Å². The van der Waals surface area contributed by atoms with E-state index >= 15 is 0 Å². The van der Waals surface area contributed by atoms with Gasteiger partial charge in [-0.15, -0.1) is 0 Å². The van der Waals surface area contributed by atoms with Crippen LogP contribution in [0.15, 0.2) is 48.5 Å². The van der Waals surface area contributed by atoms with Gasteiger partial charge in [-0.05, 0) is 24.3 Å². The van der Waals surface area contributed by atoms with Crippen molar-refractivity contribution in [2.75, 3.05) is 19.6 Å². The van der Waals surface area contributed by atoms with E-state index in [1.165, 1.54) is 0 Å². The van der Waals surface area contributed by atoms with Gasteiger partial charge in [-0.3, -0.25) is 24.1 Å². The van der Waals surface area contributed by atoms with Crippen LogP contribution in [0.3, 0.4) is 0 Å². The summed E-state index contributed by atoms with van der Waals surface area (Å²) >= 11 is 5.95. The van der Waals surface area contributed by atoms with Gasteiger partial charge in [0.25, 0.3) is 17.7 Å². The first-order chi connectivity index (χ1) is 13.5. The van der Waals surface area contributed by atoms with Crippen molar-refractivity contribution >= 4 is 35.2 Å². The largest absolute Gasteiger partial charge is 0.354 e. The molecular formula is C20H18ClN3O4. The van der Waals surface area contributed by atoms with E-state index in [4.69, 9.17) is 11.6 Å². The van der Waals surface area contributed by atoms with E-state index in [-0.39, 0.29) is 49.7 Å². The zero-order valence-electron chi connectivity index (χ0n) is 14.9. The Kier molecular flexibility index (Phi) is 6.06.